The zero-order valence-electron chi connectivity index (χ0n) is 26.7. The number of anilines is 2. The van der Waals surface area contributed by atoms with E-state index in [2.05, 4.69) is 109 Å². The number of allylic oxidation sites excluding steroid dienone is 11. The van der Waals surface area contributed by atoms with Crippen LogP contribution >= 0.6 is 0 Å². The summed E-state index contributed by atoms with van der Waals surface area (Å²) >= 11 is 0. The van der Waals surface area contributed by atoms with Crippen LogP contribution in [0.3, 0.4) is 0 Å². The van der Waals surface area contributed by atoms with E-state index in [1.165, 1.54) is 38.5 Å². The van der Waals surface area contributed by atoms with Crippen molar-refractivity contribution in [3.8, 4) is 0 Å². The standard InChI is InChI=1S/C43H41N3O/c1-31(33-11-4-2-5-12-33)29-36(34-21-19-32(20-22-34)30-46(44)38-13-6-3-7-14-38)27-28-45-37-25-23-35(24-26-37)39-16-10-18-42-43(39)40-15-8-9-17-41(40)47-42/h2-9,11,13-15,17-19,21,23-29,33,45H,1,10,12,16,20,22,30,44H2/b28-27-,36-29+. The molecular weight excluding hydrogens is 574 g/mol. The van der Waals surface area contributed by atoms with Crippen LogP contribution in [0.5, 0.6) is 0 Å². The van der Waals surface area contributed by atoms with Gasteiger partial charge in [0.15, 0.2) is 0 Å². The Kier molecular flexibility index (Phi) is 9.03. The quantitative estimate of drug-likeness (QED) is 0.106. The third-order valence-corrected chi connectivity index (χ3v) is 9.26. The Bertz CT molecular complexity index is 2090. The van der Waals surface area contributed by atoms with Crippen LogP contribution < -0.4 is 26.8 Å². The minimum atomic E-state index is 0.318. The fourth-order valence-corrected chi connectivity index (χ4v) is 6.67. The Morgan fingerprint density at radius 1 is 0.936 bits per heavy atom. The van der Waals surface area contributed by atoms with E-state index < -0.39 is 0 Å². The second-order valence-corrected chi connectivity index (χ2v) is 12.4. The normalized spacial score (nSPS) is 17.7. The summed E-state index contributed by atoms with van der Waals surface area (Å²) in [6, 6.07) is 27.2. The summed E-state index contributed by atoms with van der Waals surface area (Å²) in [7, 11) is 0. The summed E-state index contributed by atoms with van der Waals surface area (Å²) in [6.45, 7) is 5.17. The molecule has 3 aliphatic rings. The molecule has 3 N–H and O–H groups in total. The molecule has 7 rings (SSSR count). The number of fused-ring (bicyclic) bond motifs is 3. The third-order valence-electron chi connectivity index (χ3n) is 9.26. The van der Waals surface area contributed by atoms with E-state index in [9.17, 15) is 0 Å². The van der Waals surface area contributed by atoms with Crippen LogP contribution in [-0.2, 0) is 0 Å². The molecule has 0 saturated carbocycles. The van der Waals surface area contributed by atoms with Gasteiger partial charge >= 0.3 is 0 Å². The average Bonchev–Trinajstić information content (AvgIpc) is 3.52. The van der Waals surface area contributed by atoms with Crippen molar-refractivity contribution in [3.63, 3.8) is 0 Å². The monoisotopic (exact) mass is 615 g/mol. The largest absolute Gasteiger partial charge is 0.456 e. The lowest BCUT2D eigenvalue weighted by molar-refractivity contribution is 0.571. The number of nitrogens with two attached hydrogens (primary N) is 1. The number of furan rings is 1. The maximum Gasteiger partial charge on any atom is 0.135 e. The Morgan fingerprint density at radius 3 is 2.55 bits per heavy atom. The summed E-state index contributed by atoms with van der Waals surface area (Å²) in [5, 5.41) is 7.77. The number of nitrogens with one attached hydrogen (secondary N) is 1. The summed E-state index contributed by atoms with van der Waals surface area (Å²) < 4.78 is 6.17. The zero-order chi connectivity index (χ0) is 32.0. The second kappa shape index (κ2) is 14.0. The van der Waals surface area contributed by atoms with Gasteiger partial charge in [-0.2, -0.15) is 0 Å². The number of hydrogen-bond acceptors (Lipinski definition) is 4. The van der Waals surface area contributed by atoms with Gasteiger partial charge in [0.05, 0.1) is 12.2 Å². The highest BCUT2D eigenvalue weighted by Crippen LogP contribution is 2.30. The van der Waals surface area contributed by atoms with E-state index in [0.29, 0.717) is 12.5 Å². The van der Waals surface area contributed by atoms with Crippen molar-refractivity contribution < 1.29 is 4.42 Å². The Balaban J connectivity index is 1.10. The minimum Gasteiger partial charge on any atom is -0.456 e. The molecule has 0 fully saturated rings. The fourth-order valence-electron chi connectivity index (χ4n) is 6.67. The fraction of sp³-hybridized carbons (Fsp3) is 0.163. The molecule has 4 heteroatoms. The number of hydrazine groups is 1. The van der Waals surface area contributed by atoms with Crippen molar-refractivity contribution in [2.24, 2.45) is 11.8 Å². The van der Waals surface area contributed by atoms with E-state index in [-0.39, 0.29) is 0 Å². The van der Waals surface area contributed by atoms with Gasteiger partial charge in [-0.25, -0.2) is 5.84 Å². The molecule has 4 nitrogen and oxygen atoms in total. The highest BCUT2D eigenvalue weighted by Gasteiger charge is 2.15. The van der Waals surface area contributed by atoms with Gasteiger partial charge in [-0.1, -0.05) is 97.6 Å². The predicted octanol–water partition coefficient (Wildman–Crippen LogP) is 8.77. The molecule has 0 radical (unpaired) electrons. The molecular formula is C43H41N3O. The third kappa shape index (κ3) is 6.94. The van der Waals surface area contributed by atoms with Gasteiger partial charge in [-0.15, -0.1) is 0 Å². The summed E-state index contributed by atoms with van der Waals surface area (Å²) in [4.78, 5) is 0. The van der Waals surface area contributed by atoms with Gasteiger partial charge in [0, 0.05) is 28.4 Å². The molecule has 47 heavy (non-hydrogen) atoms. The van der Waals surface area contributed by atoms with Gasteiger partial charge in [-0.3, -0.25) is 0 Å². The second-order valence-electron chi connectivity index (χ2n) is 12.4. The maximum atomic E-state index is 6.39. The first kappa shape index (κ1) is 30.3. The Hall–Kier alpha value is -5.32. The molecule has 0 aliphatic heterocycles. The van der Waals surface area contributed by atoms with Crippen molar-refractivity contribution in [1.82, 2.24) is 0 Å². The molecule has 0 amide bonds. The molecule has 1 heterocycles. The van der Waals surface area contributed by atoms with Crippen LogP contribution in [0.1, 0.15) is 37.7 Å². The highest BCUT2D eigenvalue weighted by molar-refractivity contribution is 5.84. The molecule has 1 atom stereocenters. The van der Waals surface area contributed by atoms with E-state index in [0.717, 1.165) is 60.1 Å². The number of para-hydroxylation sites is 2. The molecule has 234 valence electrons. The van der Waals surface area contributed by atoms with E-state index in [4.69, 9.17) is 10.3 Å². The SMILES string of the molecule is C=C(/C=C(\C=C/Nc1ccc(C2=c3c(oc4ccccc34)=CCC2)cc1)C1=CC=C(CN(N)c2ccccc2)CC1)C1C=CC=CC1. The van der Waals surface area contributed by atoms with Crippen molar-refractivity contribution >= 4 is 34.0 Å². The summed E-state index contributed by atoms with van der Waals surface area (Å²) in [5.41, 5.74) is 11.5. The molecule has 3 aromatic carbocycles. The average molecular weight is 616 g/mol. The van der Waals surface area contributed by atoms with Crippen LogP contribution in [0.2, 0.25) is 0 Å². The van der Waals surface area contributed by atoms with Gasteiger partial charge in [0.1, 0.15) is 11.0 Å². The highest BCUT2D eigenvalue weighted by atomic mass is 16.3. The first-order chi connectivity index (χ1) is 23.1. The minimum absolute atomic E-state index is 0.318. The maximum absolute atomic E-state index is 6.39. The lowest BCUT2D eigenvalue weighted by atomic mass is 9.88. The molecule has 1 aromatic heterocycles. The summed E-state index contributed by atoms with van der Waals surface area (Å²) in [5.74, 6) is 6.71. The van der Waals surface area contributed by atoms with E-state index in [1.54, 1.807) is 0 Å². The van der Waals surface area contributed by atoms with Crippen LogP contribution in [0.15, 0.2) is 167 Å². The van der Waals surface area contributed by atoms with Gasteiger partial charge in [-0.05, 0) is 108 Å². The number of rotatable bonds is 10. The lowest BCUT2D eigenvalue weighted by Crippen LogP contribution is -2.33. The van der Waals surface area contributed by atoms with Gasteiger partial charge in [0.2, 0.25) is 0 Å². The van der Waals surface area contributed by atoms with Crippen LogP contribution in [0.4, 0.5) is 11.4 Å². The summed E-state index contributed by atoms with van der Waals surface area (Å²) in [6.07, 6.45) is 26.8. The smallest absolute Gasteiger partial charge is 0.135 e. The number of benzene rings is 3. The molecule has 0 bridgehead atoms. The predicted molar refractivity (Wildman–Crippen MR) is 198 cm³/mol. The van der Waals surface area contributed by atoms with Crippen molar-refractivity contribution in [2.75, 3.05) is 16.9 Å². The molecule has 0 spiro atoms. The van der Waals surface area contributed by atoms with Crippen LogP contribution in [-0.4, -0.2) is 6.54 Å². The number of nitrogens with zero attached hydrogens (tertiary/aromatic N) is 1. The molecule has 3 aliphatic carbocycles. The first-order valence-electron chi connectivity index (χ1n) is 16.6. The van der Waals surface area contributed by atoms with Crippen LogP contribution in [0, 0.1) is 5.92 Å². The first-order valence-corrected chi connectivity index (χ1v) is 16.6. The van der Waals surface area contributed by atoms with Crippen molar-refractivity contribution in [1.29, 1.82) is 0 Å². The Morgan fingerprint density at radius 2 is 1.77 bits per heavy atom. The van der Waals surface area contributed by atoms with Crippen molar-refractivity contribution in [3.05, 3.63) is 179 Å². The molecule has 4 aromatic rings. The van der Waals surface area contributed by atoms with Gasteiger partial charge < -0.3 is 14.7 Å². The van der Waals surface area contributed by atoms with Crippen LogP contribution in [0.25, 0.3) is 22.6 Å². The number of hydrogen-bond donors (Lipinski definition) is 2. The van der Waals surface area contributed by atoms with E-state index in [1.807, 2.05) is 47.6 Å². The lowest BCUT2D eigenvalue weighted by Gasteiger charge is -2.23. The topological polar surface area (TPSA) is 54.4 Å². The Labute approximate surface area is 277 Å². The molecule has 0 saturated heterocycles. The van der Waals surface area contributed by atoms with Gasteiger partial charge in [0.25, 0.3) is 0 Å². The molecule has 1 unspecified atom stereocenters. The van der Waals surface area contributed by atoms with E-state index >= 15 is 0 Å². The van der Waals surface area contributed by atoms with Crippen molar-refractivity contribution in [2.45, 2.75) is 32.1 Å². The zero-order valence-corrected chi connectivity index (χ0v) is 26.7.